The first-order valence-electron chi connectivity index (χ1n) is 10.9. The number of aryl methyl sites for hydroxylation is 2. The Labute approximate surface area is 197 Å². The molecule has 164 valence electrons. The number of fused-ring (bicyclic) bond motifs is 1. The van der Waals surface area contributed by atoms with Gasteiger partial charge in [-0.2, -0.15) is 0 Å². The molecule has 4 nitrogen and oxygen atoms in total. The van der Waals surface area contributed by atoms with E-state index in [2.05, 4.69) is 38.1 Å². The SMILES string of the molecule is Cc1cc2nc(N(Cc3ccco3)C(=O)c3ccc(Cc4ccccc4)cc3)sc2cc1C. The molecule has 0 N–H and O–H groups in total. The lowest BCUT2D eigenvalue weighted by atomic mass is 10.0. The van der Waals surface area contributed by atoms with Gasteiger partial charge in [0.1, 0.15) is 5.76 Å². The highest BCUT2D eigenvalue weighted by atomic mass is 32.1. The van der Waals surface area contributed by atoms with Crippen molar-refractivity contribution in [2.24, 2.45) is 0 Å². The number of carbonyl (C=O) groups is 1. The lowest BCUT2D eigenvalue weighted by Gasteiger charge is -2.19. The van der Waals surface area contributed by atoms with E-state index in [0.717, 1.165) is 22.4 Å². The lowest BCUT2D eigenvalue weighted by molar-refractivity contribution is 0.0983. The number of anilines is 1. The van der Waals surface area contributed by atoms with Crippen molar-refractivity contribution in [2.45, 2.75) is 26.8 Å². The quantitative estimate of drug-likeness (QED) is 0.280. The van der Waals surface area contributed by atoms with Crippen LogP contribution in [0.15, 0.2) is 89.5 Å². The van der Waals surface area contributed by atoms with Crippen molar-refractivity contribution < 1.29 is 9.21 Å². The van der Waals surface area contributed by atoms with Gasteiger partial charge in [-0.3, -0.25) is 9.69 Å². The molecule has 0 fully saturated rings. The summed E-state index contributed by atoms with van der Waals surface area (Å²) in [6, 6.07) is 26.1. The summed E-state index contributed by atoms with van der Waals surface area (Å²) >= 11 is 1.53. The normalized spacial score (nSPS) is 11.1. The van der Waals surface area contributed by atoms with Crippen LogP contribution in [-0.4, -0.2) is 10.9 Å². The number of nitrogens with zero attached hydrogens (tertiary/aromatic N) is 2. The number of benzene rings is 3. The van der Waals surface area contributed by atoms with Crippen LogP contribution in [0.4, 0.5) is 5.13 Å². The summed E-state index contributed by atoms with van der Waals surface area (Å²) < 4.78 is 6.63. The first kappa shape index (κ1) is 21.2. The molecular weight excluding hydrogens is 428 g/mol. The largest absolute Gasteiger partial charge is 0.467 e. The Morgan fingerprint density at radius 1 is 0.909 bits per heavy atom. The Balaban J connectivity index is 1.45. The fourth-order valence-corrected chi connectivity index (χ4v) is 4.86. The van der Waals surface area contributed by atoms with Gasteiger partial charge >= 0.3 is 0 Å². The summed E-state index contributed by atoms with van der Waals surface area (Å²) in [5.74, 6) is 0.626. The van der Waals surface area contributed by atoms with Crippen molar-refractivity contribution in [3.63, 3.8) is 0 Å². The smallest absolute Gasteiger partial charge is 0.260 e. The van der Waals surface area contributed by atoms with Gasteiger partial charge in [0.2, 0.25) is 0 Å². The summed E-state index contributed by atoms with van der Waals surface area (Å²) in [6.45, 7) is 4.50. The summed E-state index contributed by atoms with van der Waals surface area (Å²) in [5.41, 5.74) is 6.36. The van der Waals surface area contributed by atoms with Crippen molar-refractivity contribution in [3.05, 3.63) is 119 Å². The Hall–Kier alpha value is -3.70. The van der Waals surface area contributed by atoms with Crippen LogP contribution >= 0.6 is 11.3 Å². The number of amides is 1. The number of hydrogen-bond acceptors (Lipinski definition) is 4. The van der Waals surface area contributed by atoms with E-state index in [1.165, 1.54) is 33.6 Å². The molecule has 5 aromatic rings. The Morgan fingerprint density at radius 3 is 2.36 bits per heavy atom. The molecule has 5 rings (SSSR count). The van der Waals surface area contributed by atoms with Crippen LogP contribution in [0, 0.1) is 13.8 Å². The molecule has 0 bridgehead atoms. The standard InChI is InChI=1S/C28H24N2O2S/c1-19-15-25-26(16-20(19)2)33-28(29-25)30(18-24-9-6-14-32-24)27(31)23-12-10-22(11-13-23)17-21-7-4-3-5-8-21/h3-16H,17-18H2,1-2H3. The van der Waals surface area contributed by atoms with Crippen molar-refractivity contribution in [1.82, 2.24) is 4.98 Å². The van der Waals surface area contributed by atoms with E-state index in [1.54, 1.807) is 11.2 Å². The van der Waals surface area contributed by atoms with Crippen LogP contribution < -0.4 is 4.90 Å². The van der Waals surface area contributed by atoms with Crippen molar-refractivity contribution in [2.75, 3.05) is 4.90 Å². The summed E-state index contributed by atoms with van der Waals surface area (Å²) in [6.07, 6.45) is 2.46. The minimum Gasteiger partial charge on any atom is -0.467 e. The van der Waals surface area contributed by atoms with E-state index in [4.69, 9.17) is 9.40 Å². The first-order valence-corrected chi connectivity index (χ1v) is 11.7. The third kappa shape index (κ3) is 4.59. The zero-order valence-electron chi connectivity index (χ0n) is 18.6. The third-order valence-corrected chi connectivity index (χ3v) is 6.86. The van der Waals surface area contributed by atoms with E-state index >= 15 is 0 Å². The monoisotopic (exact) mass is 452 g/mol. The maximum atomic E-state index is 13.6. The first-order chi connectivity index (χ1) is 16.1. The fourth-order valence-electron chi connectivity index (χ4n) is 3.82. The number of hydrogen-bond donors (Lipinski definition) is 0. The van der Waals surface area contributed by atoms with Gasteiger partial charge in [-0.1, -0.05) is 53.8 Å². The molecule has 0 aliphatic heterocycles. The van der Waals surface area contributed by atoms with E-state index in [1.807, 2.05) is 54.6 Å². The molecule has 0 atom stereocenters. The van der Waals surface area contributed by atoms with E-state index in [0.29, 0.717) is 17.2 Å². The lowest BCUT2D eigenvalue weighted by Crippen LogP contribution is -2.30. The molecule has 2 aromatic heterocycles. The highest BCUT2D eigenvalue weighted by Crippen LogP contribution is 2.32. The number of furan rings is 1. The number of aromatic nitrogens is 1. The second-order valence-electron chi connectivity index (χ2n) is 8.23. The van der Waals surface area contributed by atoms with Gasteiger partial charge in [0.25, 0.3) is 5.91 Å². The van der Waals surface area contributed by atoms with E-state index in [9.17, 15) is 4.79 Å². The van der Waals surface area contributed by atoms with Crippen LogP contribution in [0.25, 0.3) is 10.2 Å². The number of thiazole rings is 1. The third-order valence-electron chi connectivity index (χ3n) is 5.81. The number of carbonyl (C=O) groups excluding carboxylic acids is 1. The summed E-state index contributed by atoms with van der Waals surface area (Å²) in [5, 5.41) is 0.671. The molecule has 33 heavy (non-hydrogen) atoms. The molecule has 2 heterocycles. The molecular formula is C28H24N2O2S. The average Bonchev–Trinajstić information content (AvgIpc) is 3.48. The zero-order valence-corrected chi connectivity index (χ0v) is 19.4. The molecule has 1 amide bonds. The number of rotatable bonds is 6. The Morgan fingerprint density at radius 2 is 1.64 bits per heavy atom. The van der Waals surface area contributed by atoms with Crippen LogP contribution in [0.1, 0.15) is 38.4 Å². The minimum atomic E-state index is -0.0924. The average molecular weight is 453 g/mol. The van der Waals surface area contributed by atoms with Gasteiger partial charge in [-0.25, -0.2) is 4.98 Å². The maximum absolute atomic E-state index is 13.6. The van der Waals surface area contributed by atoms with Crippen molar-refractivity contribution >= 4 is 32.6 Å². The van der Waals surface area contributed by atoms with E-state index in [-0.39, 0.29) is 5.91 Å². The molecule has 0 radical (unpaired) electrons. The Kier molecular flexibility index (Phi) is 5.80. The van der Waals surface area contributed by atoms with Crippen molar-refractivity contribution in [3.8, 4) is 0 Å². The topological polar surface area (TPSA) is 46.3 Å². The van der Waals surface area contributed by atoms with Crippen LogP contribution in [0.5, 0.6) is 0 Å². The predicted octanol–water partition coefficient (Wildman–Crippen LogP) is 6.94. The van der Waals surface area contributed by atoms with Gasteiger partial charge in [0, 0.05) is 5.56 Å². The van der Waals surface area contributed by atoms with Gasteiger partial charge in [0.15, 0.2) is 5.13 Å². The van der Waals surface area contributed by atoms with Gasteiger partial charge in [-0.15, -0.1) is 0 Å². The molecule has 5 heteroatoms. The Bertz CT molecular complexity index is 1350. The van der Waals surface area contributed by atoms with Gasteiger partial charge < -0.3 is 4.42 Å². The molecule has 0 saturated carbocycles. The van der Waals surface area contributed by atoms with Gasteiger partial charge in [0.05, 0.1) is 23.0 Å². The van der Waals surface area contributed by atoms with Crippen LogP contribution in [-0.2, 0) is 13.0 Å². The molecule has 0 aliphatic rings. The second-order valence-corrected chi connectivity index (χ2v) is 9.24. The molecule has 0 spiro atoms. The zero-order chi connectivity index (χ0) is 22.8. The molecule has 0 unspecified atom stereocenters. The molecule has 0 aliphatic carbocycles. The van der Waals surface area contributed by atoms with Gasteiger partial charge in [-0.05, 0) is 78.9 Å². The fraction of sp³-hybridized carbons (Fsp3) is 0.143. The van der Waals surface area contributed by atoms with Crippen molar-refractivity contribution in [1.29, 1.82) is 0 Å². The second kappa shape index (κ2) is 9.04. The highest BCUT2D eigenvalue weighted by molar-refractivity contribution is 7.22. The molecule has 3 aromatic carbocycles. The summed E-state index contributed by atoms with van der Waals surface area (Å²) in [4.78, 5) is 20.1. The maximum Gasteiger partial charge on any atom is 0.260 e. The van der Waals surface area contributed by atoms with Crippen LogP contribution in [0.3, 0.4) is 0 Å². The van der Waals surface area contributed by atoms with E-state index < -0.39 is 0 Å². The predicted molar refractivity (Wildman–Crippen MR) is 134 cm³/mol. The summed E-state index contributed by atoms with van der Waals surface area (Å²) in [7, 11) is 0. The molecule has 0 saturated heterocycles. The van der Waals surface area contributed by atoms with Crippen LogP contribution in [0.2, 0.25) is 0 Å². The highest BCUT2D eigenvalue weighted by Gasteiger charge is 2.23. The minimum absolute atomic E-state index is 0.0924.